The molecule has 2 aromatic rings. The van der Waals surface area contributed by atoms with Crippen molar-refractivity contribution < 1.29 is 14.6 Å². The van der Waals surface area contributed by atoms with Crippen LogP contribution in [-0.2, 0) is 5.60 Å². The van der Waals surface area contributed by atoms with Gasteiger partial charge < -0.3 is 19.9 Å². The third-order valence-electron chi connectivity index (χ3n) is 5.10. The number of rotatable bonds is 5. The number of aliphatic hydroxyl groups is 1. The summed E-state index contributed by atoms with van der Waals surface area (Å²) in [6.07, 6.45) is 4.45. The van der Waals surface area contributed by atoms with E-state index < -0.39 is 5.60 Å². The minimum atomic E-state index is -0.984. The molecule has 1 unspecified atom stereocenters. The van der Waals surface area contributed by atoms with Crippen LogP contribution in [0, 0.1) is 6.92 Å². The molecule has 0 saturated heterocycles. The van der Waals surface area contributed by atoms with E-state index in [1.807, 2.05) is 31.2 Å². The normalized spacial score (nSPS) is 23.8. The van der Waals surface area contributed by atoms with E-state index in [0.29, 0.717) is 30.0 Å². The van der Waals surface area contributed by atoms with Gasteiger partial charge >= 0.3 is 0 Å². The van der Waals surface area contributed by atoms with Crippen LogP contribution in [0.15, 0.2) is 40.8 Å². The van der Waals surface area contributed by atoms with Gasteiger partial charge in [-0.3, -0.25) is 0 Å². The number of hydrogen-bond donors (Lipinski definition) is 3. The van der Waals surface area contributed by atoms with Crippen LogP contribution in [0.4, 0.5) is 0 Å². The Bertz CT molecular complexity index is 652. The lowest BCUT2D eigenvalue weighted by Crippen LogP contribution is -2.42. The van der Waals surface area contributed by atoms with E-state index in [9.17, 15) is 10.2 Å². The van der Waals surface area contributed by atoms with Crippen LogP contribution in [0.1, 0.15) is 55.6 Å². The number of hydrogen-bond acceptors (Lipinski definition) is 4. The summed E-state index contributed by atoms with van der Waals surface area (Å²) in [4.78, 5) is 0. The lowest BCUT2D eigenvalue weighted by molar-refractivity contribution is 0.0293. The quantitative estimate of drug-likeness (QED) is 0.780. The first-order chi connectivity index (χ1) is 11.4. The van der Waals surface area contributed by atoms with Gasteiger partial charge in [0.15, 0.2) is 0 Å². The summed E-state index contributed by atoms with van der Waals surface area (Å²) in [6.45, 7) is 4.17. The predicted octanol–water partition coefficient (Wildman–Crippen LogP) is 3.82. The second-order valence-corrected chi connectivity index (χ2v) is 7.21. The first-order valence-electron chi connectivity index (χ1n) is 8.75. The van der Waals surface area contributed by atoms with Crippen molar-refractivity contribution in [1.82, 2.24) is 5.32 Å². The molecule has 1 saturated carbocycles. The van der Waals surface area contributed by atoms with E-state index in [2.05, 4.69) is 5.32 Å². The summed E-state index contributed by atoms with van der Waals surface area (Å²) < 4.78 is 5.56. The standard InChI is InChI=1S/C20H27NO3/c1-14-3-12-19(24-14)20(2,23)13-21-17-8-4-15(5-9-17)16-6-10-18(22)11-7-16/h3,6-7,10-12,15,17,21-23H,4-5,8-9,13H2,1-2H3. The van der Waals surface area contributed by atoms with Crippen molar-refractivity contribution in [2.75, 3.05) is 6.54 Å². The lowest BCUT2D eigenvalue weighted by atomic mass is 9.81. The van der Waals surface area contributed by atoms with Crippen molar-refractivity contribution in [3.63, 3.8) is 0 Å². The molecule has 0 bridgehead atoms. The van der Waals surface area contributed by atoms with Gasteiger partial charge in [-0.25, -0.2) is 0 Å². The van der Waals surface area contributed by atoms with Crippen LogP contribution in [0.25, 0.3) is 0 Å². The van der Waals surface area contributed by atoms with Gasteiger partial charge in [-0.15, -0.1) is 0 Å². The van der Waals surface area contributed by atoms with Crippen molar-refractivity contribution in [2.45, 2.75) is 57.1 Å². The molecule has 0 spiro atoms. The molecule has 4 nitrogen and oxygen atoms in total. The fourth-order valence-corrected chi connectivity index (χ4v) is 3.53. The molecule has 1 atom stereocenters. The SMILES string of the molecule is Cc1ccc(C(C)(O)CNC2CCC(c3ccc(O)cc3)CC2)o1. The van der Waals surface area contributed by atoms with E-state index in [-0.39, 0.29) is 0 Å². The van der Waals surface area contributed by atoms with Gasteiger partial charge in [-0.05, 0) is 75.3 Å². The molecule has 3 rings (SSSR count). The maximum atomic E-state index is 10.6. The Morgan fingerprint density at radius 3 is 2.33 bits per heavy atom. The number of nitrogens with one attached hydrogen (secondary N) is 1. The predicted molar refractivity (Wildman–Crippen MR) is 94.1 cm³/mol. The minimum Gasteiger partial charge on any atom is -0.508 e. The fraction of sp³-hybridized carbons (Fsp3) is 0.500. The van der Waals surface area contributed by atoms with Crippen LogP contribution >= 0.6 is 0 Å². The van der Waals surface area contributed by atoms with Crippen molar-refractivity contribution in [2.24, 2.45) is 0 Å². The number of benzene rings is 1. The monoisotopic (exact) mass is 329 g/mol. The number of phenolic OH excluding ortho intramolecular Hbond substituents is 1. The molecule has 0 aliphatic heterocycles. The maximum Gasteiger partial charge on any atom is 0.136 e. The Hall–Kier alpha value is -1.78. The molecule has 1 aliphatic rings. The fourth-order valence-electron chi connectivity index (χ4n) is 3.53. The Balaban J connectivity index is 1.49. The largest absolute Gasteiger partial charge is 0.508 e. The first kappa shape index (κ1) is 17.1. The highest BCUT2D eigenvalue weighted by Crippen LogP contribution is 2.34. The third-order valence-corrected chi connectivity index (χ3v) is 5.10. The molecule has 0 amide bonds. The van der Waals surface area contributed by atoms with Gasteiger partial charge in [-0.1, -0.05) is 12.1 Å². The molecule has 1 heterocycles. The number of aryl methyl sites for hydroxylation is 1. The van der Waals surface area contributed by atoms with Gasteiger partial charge in [0.1, 0.15) is 22.9 Å². The highest BCUT2D eigenvalue weighted by molar-refractivity contribution is 5.28. The zero-order valence-electron chi connectivity index (χ0n) is 14.5. The number of furan rings is 1. The van der Waals surface area contributed by atoms with Crippen LogP contribution in [-0.4, -0.2) is 22.8 Å². The summed E-state index contributed by atoms with van der Waals surface area (Å²) in [5, 5.41) is 23.5. The van der Waals surface area contributed by atoms with Crippen molar-refractivity contribution in [3.8, 4) is 5.75 Å². The molecule has 1 aliphatic carbocycles. The Kier molecular flexibility index (Phi) is 4.97. The molecule has 1 fully saturated rings. The Labute approximate surface area is 143 Å². The van der Waals surface area contributed by atoms with Gasteiger partial charge in [0.2, 0.25) is 0 Å². The van der Waals surface area contributed by atoms with E-state index >= 15 is 0 Å². The average Bonchev–Trinajstić information content (AvgIpc) is 3.02. The molecule has 130 valence electrons. The lowest BCUT2D eigenvalue weighted by Gasteiger charge is -2.32. The Morgan fingerprint density at radius 2 is 1.75 bits per heavy atom. The van der Waals surface area contributed by atoms with E-state index in [1.54, 1.807) is 19.1 Å². The van der Waals surface area contributed by atoms with Crippen molar-refractivity contribution >= 4 is 0 Å². The average molecular weight is 329 g/mol. The van der Waals surface area contributed by atoms with Gasteiger partial charge in [-0.2, -0.15) is 0 Å². The summed E-state index contributed by atoms with van der Waals surface area (Å²) in [6, 6.07) is 11.7. The number of aromatic hydroxyl groups is 1. The van der Waals surface area contributed by atoms with Crippen LogP contribution in [0.5, 0.6) is 5.75 Å². The van der Waals surface area contributed by atoms with E-state index in [4.69, 9.17) is 4.42 Å². The summed E-state index contributed by atoms with van der Waals surface area (Å²) in [7, 11) is 0. The smallest absolute Gasteiger partial charge is 0.136 e. The molecule has 0 radical (unpaired) electrons. The molecule has 24 heavy (non-hydrogen) atoms. The molecule has 3 N–H and O–H groups in total. The van der Waals surface area contributed by atoms with Crippen LogP contribution in [0.3, 0.4) is 0 Å². The molecular formula is C20H27NO3. The van der Waals surface area contributed by atoms with E-state index in [0.717, 1.165) is 31.4 Å². The molecule has 4 heteroatoms. The zero-order chi connectivity index (χ0) is 17.2. The zero-order valence-corrected chi connectivity index (χ0v) is 14.5. The Morgan fingerprint density at radius 1 is 1.08 bits per heavy atom. The molecular weight excluding hydrogens is 302 g/mol. The number of phenols is 1. The van der Waals surface area contributed by atoms with Crippen molar-refractivity contribution in [1.29, 1.82) is 0 Å². The second-order valence-electron chi connectivity index (χ2n) is 7.21. The van der Waals surface area contributed by atoms with Gasteiger partial charge in [0, 0.05) is 12.6 Å². The van der Waals surface area contributed by atoms with Gasteiger partial charge in [0.05, 0.1) is 0 Å². The minimum absolute atomic E-state index is 0.324. The highest BCUT2D eigenvalue weighted by atomic mass is 16.4. The summed E-state index contributed by atoms with van der Waals surface area (Å²) >= 11 is 0. The van der Waals surface area contributed by atoms with Crippen LogP contribution < -0.4 is 5.32 Å². The first-order valence-corrected chi connectivity index (χ1v) is 8.75. The summed E-state index contributed by atoms with van der Waals surface area (Å²) in [5.41, 5.74) is 0.325. The summed E-state index contributed by atoms with van der Waals surface area (Å²) in [5.74, 6) is 2.33. The second kappa shape index (κ2) is 6.99. The van der Waals surface area contributed by atoms with Crippen LogP contribution in [0.2, 0.25) is 0 Å². The maximum absolute atomic E-state index is 10.6. The van der Waals surface area contributed by atoms with Gasteiger partial charge in [0.25, 0.3) is 0 Å². The highest BCUT2D eigenvalue weighted by Gasteiger charge is 2.29. The van der Waals surface area contributed by atoms with E-state index in [1.165, 1.54) is 5.56 Å². The third kappa shape index (κ3) is 4.00. The van der Waals surface area contributed by atoms with Crippen molar-refractivity contribution in [3.05, 3.63) is 53.5 Å². The topological polar surface area (TPSA) is 65.6 Å². The molecule has 1 aromatic heterocycles. The molecule has 1 aromatic carbocycles.